The number of hydrogen-bond acceptors (Lipinski definition) is 3. The van der Waals surface area contributed by atoms with Crippen LogP contribution in [0.25, 0.3) is 11.2 Å². The second kappa shape index (κ2) is 4.74. The molecule has 0 fully saturated rings. The number of carbonyl (C=O) groups excluding carboxylic acids is 1. The van der Waals surface area contributed by atoms with Gasteiger partial charge in [0, 0.05) is 12.6 Å². The third kappa shape index (κ3) is 2.18. The number of anilines is 1. The molecule has 2 N–H and O–H groups in total. The second-order valence-corrected chi connectivity index (χ2v) is 3.61. The Hall–Kier alpha value is -1.91. The van der Waals surface area contributed by atoms with E-state index in [-0.39, 0.29) is 5.91 Å². The lowest BCUT2D eigenvalue weighted by Gasteiger charge is -2.04. The number of aromatic amines is 1. The molecule has 1 amide bonds. The lowest BCUT2D eigenvalue weighted by Crippen LogP contribution is -2.11. The summed E-state index contributed by atoms with van der Waals surface area (Å²) in [5, 5.41) is 2.86. The predicted molar refractivity (Wildman–Crippen MR) is 62.0 cm³/mol. The van der Waals surface area contributed by atoms with Crippen molar-refractivity contribution in [1.29, 1.82) is 0 Å². The molecular formula is C11H14N4O. The number of imidazole rings is 1. The summed E-state index contributed by atoms with van der Waals surface area (Å²) in [6.07, 6.45) is 5.68. The van der Waals surface area contributed by atoms with Crippen molar-refractivity contribution in [3.8, 4) is 0 Å². The Morgan fingerprint density at radius 3 is 3.19 bits per heavy atom. The molecule has 0 atom stereocenters. The summed E-state index contributed by atoms with van der Waals surface area (Å²) in [6, 6.07) is 1.77. The van der Waals surface area contributed by atoms with Crippen LogP contribution in [-0.4, -0.2) is 20.9 Å². The molecule has 0 unspecified atom stereocenters. The van der Waals surface area contributed by atoms with Gasteiger partial charge in [-0.1, -0.05) is 13.3 Å². The number of rotatable bonds is 4. The highest BCUT2D eigenvalue weighted by Crippen LogP contribution is 2.17. The van der Waals surface area contributed by atoms with Gasteiger partial charge in [0.1, 0.15) is 5.52 Å². The van der Waals surface area contributed by atoms with Crippen LogP contribution in [-0.2, 0) is 4.79 Å². The zero-order chi connectivity index (χ0) is 11.4. The number of unbranched alkanes of at least 4 members (excludes halogenated alkanes) is 1. The fraction of sp³-hybridized carbons (Fsp3) is 0.364. The number of hydrogen-bond donors (Lipinski definition) is 2. The van der Waals surface area contributed by atoms with E-state index in [0.29, 0.717) is 12.1 Å². The molecule has 0 aliphatic heterocycles. The minimum Gasteiger partial charge on any atom is -0.342 e. The molecule has 2 rings (SSSR count). The highest BCUT2D eigenvalue weighted by atomic mass is 16.1. The normalized spacial score (nSPS) is 10.6. The van der Waals surface area contributed by atoms with Crippen LogP contribution in [0.15, 0.2) is 18.6 Å². The fourth-order valence-corrected chi connectivity index (χ4v) is 1.50. The standard InChI is InChI=1S/C11H14N4O/c1-2-3-4-9(16)15-8-5-6-12-11-10(8)13-7-14-11/h5-7H,2-4H2,1H3,(H2,12,13,14,15,16). The van der Waals surface area contributed by atoms with Crippen LogP contribution in [0.1, 0.15) is 26.2 Å². The first-order valence-electron chi connectivity index (χ1n) is 5.39. The van der Waals surface area contributed by atoms with Gasteiger partial charge in [0.2, 0.25) is 5.91 Å². The van der Waals surface area contributed by atoms with Gasteiger partial charge in [0.05, 0.1) is 12.0 Å². The zero-order valence-electron chi connectivity index (χ0n) is 9.16. The number of nitrogens with one attached hydrogen (secondary N) is 2. The molecule has 0 saturated heterocycles. The number of carbonyl (C=O) groups is 1. The molecule has 16 heavy (non-hydrogen) atoms. The largest absolute Gasteiger partial charge is 0.342 e. The number of H-pyrrole nitrogens is 1. The first kappa shape index (κ1) is 10.6. The third-order valence-electron chi connectivity index (χ3n) is 2.36. The van der Waals surface area contributed by atoms with Crippen LogP contribution in [0.3, 0.4) is 0 Å². The maximum absolute atomic E-state index is 11.6. The number of nitrogens with zero attached hydrogens (tertiary/aromatic N) is 2. The third-order valence-corrected chi connectivity index (χ3v) is 2.36. The molecular weight excluding hydrogens is 204 g/mol. The summed E-state index contributed by atoms with van der Waals surface area (Å²) in [5.41, 5.74) is 2.13. The zero-order valence-corrected chi connectivity index (χ0v) is 9.16. The van der Waals surface area contributed by atoms with Gasteiger partial charge in [-0.05, 0) is 12.5 Å². The van der Waals surface area contributed by atoms with Crippen molar-refractivity contribution in [3.63, 3.8) is 0 Å². The average Bonchev–Trinajstić information content (AvgIpc) is 2.75. The molecule has 0 aromatic carbocycles. The molecule has 0 saturated carbocycles. The molecule has 0 bridgehead atoms. The van der Waals surface area contributed by atoms with E-state index in [1.165, 1.54) is 0 Å². The molecule has 0 aliphatic rings. The molecule has 5 heteroatoms. The van der Waals surface area contributed by atoms with E-state index < -0.39 is 0 Å². The molecule has 5 nitrogen and oxygen atoms in total. The lowest BCUT2D eigenvalue weighted by molar-refractivity contribution is -0.116. The monoisotopic (exact) mass is 218 g/mol. The molecule has 2 aromatic rings. The Labute approximate surface area is 93.3 Å². The average molecular weight is 218 g/mol. The van der Waals surface area contributed by atoms with Crippen LogP contribution in [0.4, 0.5) is 5.69 Å². The predicted octanol–water partition coefficient (Wildman–Crippen LogP) is 2.09. The maximum atomic E-state index is 11.6. The van der Waals surface area contributed by atoms with E-state index >= 15 is 0 Å². The van der Waals surface area contributed by atoms with Crippen molar-refractivity contribution >= 4 is 22.8 Å². The van der Waals surface area contributed by atoms with Crippen LogP contribution < -0.4 is 5.32 Å². The molecule has 0 spiro atoms. The van der Waals surface area contributed by atoms with Crippen molar-refractivity contribution in [2.45, 2.75) is 26.2 Å². The number of fused-ring (bicyclic) bond motifs is 1. The minimum atomic E-state index is 0.0314. The molecule has 0 radical (unpaired) electrons. The van der Waals surface area contributed by atoms with Gasteiger partial charge in [-0.15, -0.1) is 0 Å². The topological polar surface area (TPSA) is 70.7 Å². The fourth-order valence-electron chi connectivity index (χ4n) is 1.50. The quantitative estimate of drug-likeness (QED) is 0.825. The highest BCUT2D eigenvalue weighted by Gasteiger charge is 2.07. The van der Waals surface area contributed by atoms with Crippen LogP contribution >= 0.6 is 0 Å². The van der Waals surface area contributed by atoms with Gasteiger partial charge < -0.3 is 10.3 Å². The van der Waals surface area contributed by atoms with E-state index in [4.69, 9.17) is 0 Å². The van der Waals surface area contributed by atoms with Crippen LogP contribution in [0.5, 0.6) is 0 Å². The summed E-state index contributed by atoms with van der Waals surface area (Å²) in [7, 11) is 0. The van der Waals surface area contributed by atoms with Gasteiger partial charge in [-0.25, -0.2) is 9.97 Å². The molecule has 0 aliphatic carbocycles. The first-order chi connectivity index (χ1) is 7.81. The molecule has 84 valence electrons. The van der Waals surface area contributed by atoms with Crippen LogP contribution in [0, 0.1) is 0 Å². The van der Waals surface area contributed by atoms with E-state index in [1.54, 1.807) is 18.6 Å². The summed E-state index contributed by atoms with van der Waals surface area (Å²) in [6.45, 7) is 2.06. The van der Waals surface area contributed by atoms with Gasteiger partial charge in [0.25, 0.3) is 0 Å². The van der Waals surface area contributed by atoms with E-state index in [0.717, 1.165) is 24.0 Å². The summed E-state index contributed by atoms with van der Waals surface area (Å²) in [4.78, 5) is 22.6. The Balaban J connectivity index is 2.14. The van der Waals surface area contributed by atoms with Gasteiger partial charge in [-0.3, -0.25) is 4.79 Å². The van der Waals surface area contributed by atoms with E-state index in [9.17, 15) is 4.79 Å². The van der Waals surface area contributed by atoms with Crippen molar-refractivity contribution in [3.05, 3.63) is 18.6 Å². The minimum absolute atomic E-state index is 0.0314. The number of aromatic nitrogens is 3. The Kier molecular flexibility index (Phi) is 3.14. The van der Waals surface area contributed by atoms with E-state index in [1.807, 2.05) is 0 Å². The highest BCUT2D eigenvalue weighted by molar-refractivity contribution is 5.98. The molecule has 2 aromatic heterocycles. The lowest BCUT2D eigenvalue weighted by atomic mass is 10.2. The Morgan fingerprint density at radius 1 is 1.50 bits per heavy atom. The second-order valence-electron chi connectivity index (χ2n) is 3.61. The van der Waals surface area contributed by atoms with Crippen molar-refractivity contribution in [1.82, 2.24) is 15.0 Å². The number of amides is 1. The SMILES string of the molecule is CCCCC(=O)Nc1ccnc2nc[nH]c12. The van der Waals surface area contributed by atoms with E-state index in [2.05, 4.69) is 27.2 Å². The van der Waals surface area contributed by atoms with Crippen LogP contribution in [0.2, 0.25) is 0 Å². The van der Waals surface area contributed by atoms with Gasteiger partial charge >= 0.3 is 0 Å². The Bertz CT molecular complexity index is 491. The Morgan fingerprint density at radius 2 is 2.38 bits per heavy atom. The van der Waals surface area contributed by atoms with Crippen molar-refractivity contribution < 1.29 is 4.79 Å². The van der Waals surface area contributed by atoms with Crippen molar-refractivity contribution in [2.24, 2.45) is 0 Å². The summed E-state index contributed by atoms with van der Waals surface area (Å²) in [5.74, 6) is 0.0314. The molecule has 2 heterocycles. The van der Waals surface area contributed by atoms with Gasteiger partial charge in [0.15, 0.2) is 5.65 Å². The van der Waals surface area contributed by atoms with Gasteiger partial charge in [-0.2, -0.15) is 0 Å². The summed E-state index contributed by atoms with van der Waals surface area (Å²) >= 11 is 0. The number of pyridine rings is 1. The van der Waals surface area contributed by atoms with Crippen molar-refractivity contribution in [2.75, 3.05) is 5.32 Å². The summed E-state index contributed by atoms with van der Waals surface area (Å²) < 4.78 is 0. The smallest absolute Gasteiger partial charge is 0.224 e. The first-order valence-corrected chi connectivity index (χ1v) is 5.39. The maximum Gasteiger partial charge on any atom is 0.224 e.